The average molecular weight is 399 g/mol. The monoisotopic (exact) mass is 399 g/mol. The van der Waals surface area contributed by atoms with Crippen molar-refractivity contribution in [2.24, 2.45) is 0 Å². The lowest BCUT2D eigenvalue weighted by atomic mass is 10.0. The molecule has 9 nitrogen and oxygen atoms in total. The molecular weight excluding hydrogens is 374 g/mol. The number of nitrogens with one attached hydrogen (secondary N) is 2. The molecule has 2 heterocycles. The van der Waals surface area contributed by atoms with E-state index in [1.807, 2.05) is 13.8 Å². The van der Waals surface area contributed by atoms with Gasteiger partial charge in [0, 0.05) is 36.6 Å². The van der Waals surface area contributed by atoms with Gasteiger partial charge >= 0.3 is 12.0 Å². The van der Waals surface area contributed by atoms with Gasteiger partial charge in [-0.1, -0.05) is 6.07 Å². The molecule has 154 valence electrons. The molecule has 1 saturated heterocycles. The van der Waals surface area contributed by atoms with Gasteiger partial charge in [-0.2, -0.15) is 5.10 Å². The lowest BCUT2D eigenvalue weighted by Gasteiger charge is -2.32. The van der Waals surface area contributed by atoms with Crippen molar-refractivity contribution in [1.29, 1.82) is 0 Å². The fourth-order valence-corrected chi connectivity index (χ4v) is 3.32. The Hall–Kier alpha value is -3.36. The number of aromatic carboxylic acids is 1. The van der Waals surface area contributed by atoms with Crippen molar-refractivity contribution in [2.75, 3.05) is 18.4 Å². The van der Waals surface area contributed by atoms with E-state index in [1.165, 1.54) is 12.4 Å². The zero-order valence-corrected chi connectivity index (χ0v) is 16.5. The van der Waals surface area contributed by atoms with Crippen molar-refractivity contribution in [3.8, 4) is 0 Å². The van der Waals surface area contributed by atoms with E-state index in [2.05, 4.69) is 15.7 Å². The van der Waals surface area contributed by atoms with Crippen molar-refractivity contribution in [2.45, 2.75) is 38.8 Å². The number of nitrogens with zero attached hydrogens (tertiary/aromatic N) is 3. The number of aromatic nitrogens is 2. The highest BCUT2D eigenvalue weighted by molar-refractivity contribution is 5.97. The predicted octanol–water partition coefficient (Wildman–Crippen LogP) is 2.59. The molecule has 1 aromatic carbocycles. The lowest BCUT2D eigenvalue weighted by molar-refractivity contribution is 0.0688. The van der Waals surface area contributed by atoms with Crippen molar-refractivity contribution in [3.05, 3.63) is 47.8 Å². The molecule has 0 spiro atoms. The molecule has 3 rings (SSSR count). The number of carboxylic acid groups (broad SMARTS) is 1. The number of carbonyl (C=O) groups is 3. The molecule has 29 heavy (non-hydrogen) atoms. The van der Waals surface area contributed by atoms with Crippen LogP contribution in [0.4, 0.5) is 10.5 Å². The van der Waals surface area contributed by atoms with E-state index in [-0.39, 0.29) is 29.6 Å². The van der Waals surface area contributed by atoms with E-state index in [1.54, 1.807) is 33.8 Å². The van der Waals surface area contributed by atoms with Crippen LogP contribution in [-0.2, 0) is 0 Å². The van der Waals surface area contributed by atoms with E-state index < -0.39 is 5.97 Å². The summed E-state index contributed by atoms with van der Waals surface area (Å²) in [5.41, 5.74) is 1.23. The van der Waals surface area contributed by atoms with Gasteiger partial charge in [-0.15, -0.1) is 0 Å². The van der Waals surface area contributed by atoms with Crippen LogP contribution in [0.3, 0.4) is 0 Å². The number of carboxylic acids is 1. The second-order valence-electron chi connectivity index (χ2n) is 7.37. The molecule has 1 aliphatic heterocycles. The highest BCUT2D eigenvalue weighted by atomic mass is 16.4. The molecule has 0 radical (unpaired) electrons. The van der Waals surface area contributed by atoms with Crippen LogP contribution in [0.25, 0.3) is 0 Å². The van der Waals surface area contributed by atoms with Gasteiger partial charge in [0.15, 0.2) is 0 Å². The third kappa shape index (κ3) is 5.13. The van der Waals surface area contributed by atoms with E-state index >= 15 is 0 Å². The highest BCUT2D eigenvalue weighted by Gasteiger charge is 2.25. The summed E-state index contributed by atoms with van der Waals surface area (Å²) >= 11 is 0. The summed E-state index contributed by atoms with van der Waals surface area (Å²) < 4.78 is 1.67. The molecule has 1 aliphatic rings. The number of hydrogen-bond acceptors (Lipinski definition) is 4. The van der Waals surface area contributed by atoms with E-state index in [0.29, 0.717) is 37.2 Å². The first-order valence-electron chi connectivity index (χ1n) is 9.58. The standard InChI is InChI=1S/C20H25N5O4/c1-13(2)22-20(29)23-16-5-3-4-14(10-16)18(26)24-8-6-17(7-9-24)25-12-15(11-21-25)19(27)28/h3-5,10-13,17H,6-9H2,1-2H3,(H,27,28)(H2,22,23,29). The van der Waals surface area contributed by atoms with Gasteiger partial charge in [-0.25, -0.2) is 9.59 Å². The minimum atomic E-state index is -1.00. The first-order chi connectivity index (χ1) is 13.8. The SMILES string of the molecule is CC(C)NC(=O)Nc1cccc(C(=O)N2CCC(n3cc(C(=O)O)cn3)CC2)c1. The van der Waals surface area contributed by atoms with Crippen LogP contribution in [0.5, 0.6) is 0 Å². The Morgan fingerprint density at radius 2 is 1.90 bits per heavy atom. The van der Waals surface area contributed by atoms with Crippen molar-refractivity contribution >= 4 is 23.6 Å². The number of urea groups is 1. The second-order valence-corrected chi connectivity index (χ2v) is 7.37. The van der Waals surface area contributed by atoms with Crippen LogP contribution in [-0.4, -0.2) is 56.8 Å². The second kappa shape index (κ2) is 8.76. The first kappa shape index (κ1) is 20.4. The van der Waals surface area contributed by atoms with Crippen LogP contribution in [0.2, 0.25) is 0 Å². The normalized spacial score (nSPS) is 14.7. The smallest absolute Gasteiger partial charge is 0.338 e. The summed E-state index contributed by atoms with van der Waals surface area (Å²) in [5, 5.41) is 18.6. The van der Waals surface area contributed by atoms with Crippen LogP contribution < -0.4 is 10.6 Å². The molecule has 3 N–H and O–H groups in total. The Labute approximate surface area is 168 Å². The van der Waals surface area contributed by atoms with Gasteiger partial charge in [0.25, 0.3) is 5.91 Å². The Balaban J connectivity index is 1.59. The van der Waals surface area contributed by atoms with Crippen LogP contribution in [0, 0.1) is 0 Å². The van der Waals surface area contributed by atoms with E-state index in [9.17, 15) is 14.4 Å². The number of hydrogen-bond donors (Lipinski definition) is 3. The topological polar surface area (TPSA) is 117 Å². The molecule has 1 fully saturated rings. The first-order valence-corrected chi connectivity index (χ1v) is 9.58. The van der Waals surface area contributed by atoms with Crippen LogP contribution in [0.15, 0.2) is 36.7 Å². The summed E-state index contributed by atoms with van der Waals surface area (Å²) in [6, 6.07) is 6.64. The number of benzene rings is 1. The number of carbonyl (C=O) groups excluding carboxylic acids is 2. The van der Waals surface area contributed by atoms with Gasteiger partial charge in [-0.05, 0) is 44.9 Å². The Kier molecular flexibility index (Phi) is 6.16. The van der Waals surface area contributed by atoms with Crippen LogP contribution >= 0.6 is 0 Å². The van der Waals surface area contributed by atoms with Crippen molar-refractivity contribution < 1.29 is 19.5 Å². The summed E-state index contributed by atoms with van der Waals surface area (Å²) in [6.45, 7) is 4.85. The van der Waals surface area contributed by atoms with Gasteiger partial charge in [0.1, 0.15) is 0 Å². The summed E-state index contributed by atoms with van der Waals surface area (Å²) in [5.74, 6) is -1.09. The van der Waals surface area contributed by atoms with E-state index in [0.717, 1.165) is 0 Å². The molecule has 0 aliphatic carbocycles. The minimum absolute atomic E-state index is 0.0162. The van der Waals surface area contributed by atoms with Gasteiger partial charge in [0.2, 0.25) is 0 Å². The van der Waals surface area contributed by atoms with Gasteiger partial charge in [-0.3, -0.25) is 9.48 Å². The number of rotatable bonds is 5. The highest BCUT2D eigenvalue weighted by Crippen LogP contribution is 2.24. The zero-order valence-electron chi connectivity index (χ0n) is 16.5. The Morgan fingerprint density at radius 1 is 1.17 bits per heavy atom. The fourth-order valence-electron chi connectivity index (χ4n) is 3.32. The minimum Gasteiger partial charge on any atom is -0.478 e. The van der Waals surface area contributed by atoms with Gasteiger partial charge in [0.05, 0.1) is 17.8 Å². The molecule has 3 amide bonds. The lowest BCUT2D eigenvalue weighted by Crippen LogP contribution is -2.39. The Morgan fingerprint density at radius 3 is 2.52 bits per heavy atom. The third-order valence-corrected chi connectivity index (χ3v) is 4.76. The van der Waals surface area contributed by atoms with Crippen LogP contribution in [0.1, 0.15) is 53.4 Å². The molecule has 1 aromatic heterocycles. The third-order valence-electron chi connectivity index (χ3n) is 4.76. The summed E-state index contributed by atoms with van der Waals surface area (Å²) in [7, 11) is 0. The largest absolute Gasteiger partial charge is 0.478 e. The van der Waals surface area contributed by atoms with E-state index in [4.69, 9.17) is 5.11 Å². The molecule has 0 unspecified atom stereocenters. The molecule has 0 saturated carbocycles. The molecular formula is C20H25N5O4. The number of anilines is 1. The average Bonchev–Trinajstić information content (AvgIpc) is 3.17. The quantitative estimate of drug-likeness (QED) is 0.714. The Bertz CT molecular complexity index is 900. The summed E-state index contributed by atoms with van der Waals surface area (Å²) in [4.78, 5) is 37.5. The molecule has 0 atom stereocenters. The number of piperidine rings is 1. The number of likely N-dealkylation sites (tertiary alicyclic amines) is 1. The maximum absolute atomic E-state index is 12.8. The van der Waals surface area contributed by atoms with Crippen molar-refractivity contribution in [3.63, 3.8) is 0 Å². The van der Waals surface area contributed by atoms with Gasteiger partial charge < -0.3 is 20.6 Å². The maximum atomic E-state index is 12.8. The molecule has 0 bridgehead atoms. The summed E-state index contributed by atoms with van der Waals surface area (Å²) in [6.07, 6.45) is 4.26. The fraction of sp³-hybridized carbons (Fsp3) is 0.400. The number of amides is 3. The zero-order chi connectivity index (χ0) is 21.0. The predicted molar refractivity (Wildman–Crippen MR) is 107 cm³/mol. The molecule has 9 heteroatoms. The molecule has 2 aromatic rings. The van der Waals surface area contributed by atoms with Crippen molar-refractivity contribution in [1.82, 2.24) is 20.0 Å². The maximum Gasteiger partial charge on any atom is 0.338 e.